The van der Waals surface area contributed by atoms with Gasteiger partial charge in [0.2, 0.25) is 0 Å². The summed E-state index contributed by atoms with van der Waals surface area (Å²) in [4.78, 5) is 10.0. The van der Waals surface area contributed by atoms with Gasteiger partial charge in [-0.3, -0.25) is 0 Å². The third-order valence-corrected chi connectivity index (χ3v) is 9.74. The molecule has 4 nitrogen and oxygen atoms in total. The molecule has 7 aromatic carbocycles. The van der Waals surface area contributed by atoms with E-state index in [1.807, 2.05) is 36.4 Å². The van der Waals surface area contributed by atoms with Gasteiger partial charge in [0.05, 0.1) is 33.5 Å². The van der Waals surface area contributed by atoms with Crippen LogP contribution < -0.4 is 0 Å². The lowest BCUT2D eigenvalue weighted by Gasteiger charge is -2.11. The molecule has 0 N–H and O–H groups in total. The standard InChI is InChI=1S/C46H30N4/c1-4-14-31(15-5-1)38-30-39(48-46(47-38)33-16-6-2-7-17-33)32-24-26-35(27-25-32)50-41-23-13-11-21-37(41)45-43(50)29-28-42-44(45)36-20-10-12-22-40(36)49(42)34-18-8-3-9-19-34/h1-30H. The Morgan fingerprint density at radius 3 is 1.28 bits per heavy atom. The first-order valence-corrected chi connectivity index (χ1v) is 16.9. The number of fused-ring (bicyclic) bond motifs is 7. The normalized spacial score (nSPS) is 11.6. The van der Waals surface area contributed by atoms with Gasteiger partial charge >= 0.3 is 0 Å². The summed E-state index contributed by atoms with van der Waals surface area (Å²) in [7, 11) is 0. The van der Waals surface area contributed by atoms with Crippen LogP contribution in [0.15, 0.2) is 182 Å². The molecule has 234 valence electrons. The van der Waals surface area contributed by atoms with E-state index in [4.69, 9.17) is 9.97 Å². The second-order valence-corrected chi connectivity index (χ2v) is 12.6. The Morgan fingerprint density at radius 1 is 0.320 bits per heavy atom. The van der Waals surface area contributed by atoms with E-state index in [0.29, 0.717) is 5.82 Å². The number of nitrogens with zero attached hydrogens (tertiary/aromatic N) is 4. The van der Waals surface area contributed by atoms with Crippen molar-refractivity contribution in [1.29, 1.82) is 0 Å². The fraction of sp³-hybridized carbons (Fsp3) is 0. The summed E-state index contributed by atoms with van der Waals surface area (Å²) in [6.07, 6.45) is 0. The molecule has 0 bridgehead atoms. The number of hydrogen-bond acceptors (Lipinski definition) is 2. The summed E-state index contributed by atoms with van der Waals surface area (Å²) >= 11 is 0. The summed E-state index contributed by atoms with van der Waals surface area (Å²) in [5.74, 6) is 0.715. The van der Waals surface area contributed by atoms with E-state index >= 15 is 0 Å². The minimum Gasteiger partial charge on any atom is -0.309 e. The van der Waals surface area contributed by atoms with Crippen molar-refractivity contribution >= 4 is 43.6 Å². The largest absolute Gasteiger partial charge is 0.309 e. The van der Waals surface area contributed by atoms with Crippen LogP contribution >= 0.6 is 0 Å². The van der Waals surface area contributed by atoms with Crippen molar-refractivity contribution in [1.82, 2.24) is 19.1 Å². The second kappa shape index (κ2) is 11.4. The summed E-state index contributed by atoms with van der Waals surface area (Å²) in [5, 5.41) is 5.03. The molecule has 0 aliphatic rings. The Balaban J connectivity index is 1.16. The van der Waals surface area contributed by atoms with Crippen LogP contribution in [0.25, 0.3) is 88.9 Å². The van der Waals surface area contributed by atoms with Gasteiger partial charge in [-0.15, -0.1) is 0 Å². The Bertz CT molecular complexity index is 2770. The van der Waals surface area contributed by atoms with Gasteiger partial charge in [-0.2, -0.15) is 0 Å². The summed E-state index contributed by atoms with van der Waals surface area (Å²) < 4.78 is 4.79. The van der Waals surface area contributed by atoms with Crippen molar-refractivity contribution in [3.63, 3.8) is 0 Å². The van der Waals surface area contributed by atoms with Crippen molar-refractivity contribution in [3.8, 4) is 45.3 Å². The predicted octanol–water partition coefficient (Wildman–Crippen LogP) is 11.7. The molecule has 0 spiro atoms. The van der Waals surface area contributed by atoms with Crippen LogP contribution in [0.1, 0.15) is 0 Å². The van der Waals surface area contributed by atoms with Crippen LogP contribution in [0, 0.1) is 0 Å². The number of benzene rings is 7. The summed E-state index contributed by atoms with van der Waals surface area (Å²) in [6, 6.07) is 64.2. The van der Waals surface area contributed by atoms with Crippen molar-refractivity contribution in [2.24, 2.45) is 0 Å². The van der Waals surface area contributed by atoms with Crippen molar-refractivity contribution in [2.45, 2.75) is 0 Å². The van der Waals surface area contributed by atoms with Gasteiger partial charge in [0, 0.05) is 49.6 Å². The summed E-state index contributed by atoms with van der Waals surface area (Å²) in [5.41, 5.74) is 11.9. The lowest BCUT2D eigenvalue weighted by atomic mass is 10.1. The van der Waals surface area contributed by atoms with Gasteiger partial charge < -0.3 is 9.13 Å². The summed E-state index contributed by atoms with van der Waals surface area (Å²) in [6.45, 7) is 0. The number of hydrogen-bond donors (Lipinski definition) is 0. The van der Waals surface area contributed by atoms with Crippen LogP contribution in [-0.4, -0.2) is 19.1 Å². The van der Waals surface area contributed by atoms with Crippen LogP contribution in [0.4, 0.5) is 0 Å². The average Bonchev–Trinajstić information content (AvgIpc) is 3.72. The zero-order valence-electron chi connectivity index (χ0n) is 27.1. The van der Waals surface area contributed by atoms with Gasteiger partial charge in [-0.05, 0) is 54.6 Å². The molecule has 0 radical (unpaired) electrons. The smallest absolute Gasteiger partial charge is 0.160 e. The highest BCUT2D eigenvalue weighted by molar-refractivity contribution is 6.28. The molecule has 0 atom stereocenters. The number of rotatable bonds is 5. The van der Waals surface area contributed by atoms with Gasteiger partial charge in [0.15, 0.2) is 5.82 Å². The fourth-order valence-electron chi connectivity index (χ4n) is 7.50. The highest BCUT2D eigenvalue weighted by Crippen LogP contribution is 2.42. The van der Waals surface area contributed by atoms with Crippen LogP contribution in [-0.2, 0) is 0 Å². The predicted molar refractivity (Wildman–Crippen MR) is 207 cm³/mol. The average molecular weight is 639 g/mol. The van der Waals surface area contributed by atoms with Gasteiger partial charge in [-0.25, -0.2) is 9.97 Å². The lowest BCUT2D eigenvalue weighted by Crippen LogP contribution is -1.97. The maximum Gasteiger partial charge on any atom is 0.160 e. The van der Waals surface area contributed by atoms with E-state index in [2.05, 4.69) is 155 Å². The van der Waals surface area contributed by atoms with Crippen molar-refractivity contribution in [3.05, 3.63) is 182 Å². The van der Waals surface area contributed by atoms with Crippen LogP contribution in [0.5, 0.6) is 0 Å². The molecular weight excluding hydrogens is 609 g/mol. The Kier molecular flexibility index (Phi) is 6.46. The molecular formula is C46H30N4. The first-order chi connectivity index (χ1) is 24.8. The highest BCUT2D eigenvalue weighted by Gasteiger charge is 2.20. The zero-order valence-corrected chi connectivity index (χ0v) is 27.1. The first-order valence-electron chi connectivity index (χ1n) is 16.9. The van der Waals surface area contributed by atoms with E-state index in [0.717, 1.165) is 39.5 Å². The maximum atomic E-state index is 5.06. The van der Waals surface area contributed by atoms with E-state index in [1.54, 1.807) is 0 Å². The molecule has 0 aliphatic heterocycles. The fourth-order valence-corrected chi connectivity index (χ4v) is 7.50. The first kappa shape index (κ1) is 28.3. The van der Waals surface area contributed by atoms with E-state index in [1.165, 1.54) is 43.6 Å². The van der Waals surface area contributed by atoms with E-state index in [9.17, 15) is 0 Å². The SMILES string of the molecule is c1ccc(-c2cc(-c3ccc(-n4c5ccccc5c5c6c7ccccc7n(-c7ccccc7)c6ccc54)cc3)nc(-c3ccccc3)n2)cc1. The molecule has 10 aromatic rings. The molecule has 0 saturated heterocycles. The molecule has 4 heteroatoms. The topological polar surface area (TPSA) is 35.6 Å². The van der Waals surface area contributed by atoms with E-state index in [-0.39, 0.29) is 0 Å². The number of aromatic nitrogens is 4. The molecule has 0 saturated carbocycles. The Morgan fingerprint density at radius 2 is 0.740 bits per heavy atom. The molecule has 0 amide bonds. The molecule has 3 heterocycles. The van der Waals surface area contributed by atoms with Crippen molar-refractivity contribution < 1.29 is 0 Å². The quantitative estimate of drug-likeness (QED) is 0.188. The van der Waals surface area contributed by atoms with Crippen LogP contribution in [0.3, 0.4) is 0 Å². The van der Waals surface area contributed by atoms with E-state index < -0.39 is 0 Å². The Labute approximate surface area is 289 Å². The van der Waals surface area contributed by atoms with Crippen molar-refractivity contribution in [2.75, 3.05) is 0 Å². The molecule has 50 heavy (non-hydrogen) atoms. The molecule has 10 rings (SSSR count). The number of para-hydroxylation sites is 3. The third kappa shape index (κ3) is 4.46. The lowest BCUT2D eigenvalue weighted by molar-refractivity contribution is 1.17. The monoisotopic (exact) mass is 638 g/mol. The second-order valence-electron chi connectivity index (χ2n) is 12.6. The zero-order chi connectivity index (χ0) is 33.0. The van der Waals surface area contributed by atoms with Gasteiger partial charge in [0.25, 0.3) is 0 Å². The minimum atomic E-state index is 0.715. The van der Waals surface area contributed by atoms with Gasteiger partial charge in [-0.1, -0.05) is 127 Å². The Hall–Kier alpha value is -6.78. The third-order valence-electron chi connectivity index (χ3n) is 9.74. The highest BCUT2D eigenvalue weighted by atomic mass is 15.0. The van der Waals surface area contributed by atoms with Crippen LogP contribution in [0.2, 0.25) is 0 Å². The van der Waals surface area contributed by atoms with Gasteiger partial charge in [0.1, 0.15) is 0 Å². The molecule has 0 fully saturated rings. The molecule has 0 unspecified atom stereocenters. The molecule has 3 aromatic heterocycles. The maximum absolute atomic E-state index is 5.06. The minimum absolute atomic E-state index is 0.715. The molecule has 0 aliphatic carbocycles.